The van der Waals surface area contributed by atoms with Gasteiger partial charge in [-0.3, -0.25) is 9.88 Å². The first-order chi connectivity index (χ1) is 6.90. The molecule has 0 aromatic carbocycles. The van der Waals surface area contributed by atoms with E-state index in [1.54, 1.807) is 0 Å². The summed E-state index contributed by atoms with van der Waals surface area (Å²) in [7, 11) is 0. The van der Waals surface area contributed by atoms with Crippen LogP contribution >= 0.6 is 0 Å². The third-order valence-electron chi connectivity index (χ3n) is 2.62. The van der Waals surface area contributed by atoms with E-state index in [0.717, 1.165) is 31.9 Å². The van der Waals surface area contributed by atoms with Gasteiger partial charge in [0.15, 0.2) is 0 Å². The first kappa shape index (κ1) is 9.62. The molecule has 0 aliphatic carbocycles. The molecule has 1 saturated heterocycles. The lowest BCUT2D eigenvalue weighted by Crippen LogP contribution is -2.38. The van der Waals surface area contributed by atoms with Crippen molar-refractivity contribution in [2.24, 2.45) is 0 Å². The van der Waals surface area contributed by atoms with Crippen molar-refractivity contribution in [1.82, 2.24) is 9.88 Å². The monoisotopic (exact) mass is 192 g/mol. The second-order valence-corrected chi connectivity index (χ2v) is 3.51. The lowest BCUT2D eigenvalue weighted by atomic mass is 10.2. The molecule has 0 amide bonds. The largest absolute Gasteiger partial charge is 0.369 e. The molecule has 0 saturated carbocycles. The van der Waals surface area contributed by atoms with Crippen LogP contribution in [0, 0.1) is 0 Å². The average Bonchev–Trinajstić information content (AvgIpc) is 2.30. The average molecular weight is 192 g/mol. The third-order valence-corrected chi connectivity index (χ3v) is 2.62. The summed E-state index contributed by atoms with van der Waals surface area (Å²) in [5.74, 6) is 0. The molecule has 0 N–H and O–H groups in total. The van der Waals surface area contributed by atoms with Crippen LogP contribution in [0.1, 0.15) is 18.7 Å². The van der Waals surface area contributed by atoms with Gasteiger partial charge in [-0.25, -0.2) is 0 Å². The Balaban J connectivity index is 2.04. The van der Waals surface area contributed by atoms with Gasteiger partial charge in [0.1, 0.15) is 6.10 Å². The molecule has 1 aromatic heterocycles. The van der Waals surface area contributed by atoms with E-state index < -0.39 is 0 Å². The number of ether oxygens (including phenoxy) is 1. The van der Waals surface area contributed by atoms with E-state index in [2.05, 4.69) is 16.8 Å². The first-order valence-corrected chi connectivity index (χ1v) is 5.15. The van der Waals surface area contributed by atoms with Crippen LogP contribution in [-0.2, 0) is 4.74 Å². The maximum absolute atomic E-state index is 5.69. The summed E-state index contributed by atoms with van der Waals surface area (Å²) in [5.41, 5.74) is 1.05. The Kier molecular flexibility index (Phi) is 3.11. The molecule has 1 fully saturated rings. The van der Waals surface area contributed by atoms with Crippen LogP contribution in [0.3, 0.4) is 0 Å². The van der Waals surface area contributed by atoms with Crippen molar-refractivity contribution in [1.29, 1.82) is 0 Å². The third kappa shape index (κ3) is 2.11. The molecule has 2 heterocycles. The van der Waals surface area contributed by atoms with Crippen LogP contribution in [0.2, 0.25) is 0 Å². The molecule has 0 unspecified atom stereocenters. The lowest BCUT2D eigenvalue weighted by Gasteiger charge is -2.31. The quantitative estimate of drug-likeness (QED) is 0.709. The summed E-state index contributed by atoms with van der Waals surface area (Å²) in [4.78, 5) is 6.71. The number of nitrogens with zero attached hydrogens (tertiary/aromatic N) is 2. The molecule has 2 rings (SSSR count). The number of pyridine rings is 1. The van der Waals surface area contributed by atoms with E-state index in [9.17, 15) is 0 Å². The van der Waals surface area contributed by atoms with Crippen molar-refractivity contribution in [3.8, 4) is 0 Å². The fourth-order valence-electron chi connectivity index (χ4n) is 1.74. The van der Waals surface area contributed by atoms with E-state index in [-0.39, 0.29) is 6.10 Å². The molecule has 0 radical (unpaired) electrons. The summed E-state index contributed by atoms with van der Waals surface area (Å²) in [6.07, 6.45) is 1.98. The number of rotatable bonds is 2. The van der Waals surface area contributed by atoms with Crippen molar-refractivity contribution in [2.45, 2.75) is 13.0 Å². The molecule has 14 heavy (non-hydrogen) atoms. The molecule has 0 spiro atoms. The van der Waals surface area contributed by atoms with E-state index >= 15 is 0 Å². The number of morpholine rings is 1. The van der Waals surface area contributed by atoms with Gasteiger partial charge < -0.3 is 4.74 Å². The zero-order chi connectivity index (χ0) is 9.80. The molecule has 1 aliphatic heterocycles. The normalized spacial score (nSPS) is 23.6. The second-order valence-electron chi connectivity index (χ2n) is 3.51. The zero-order valence-corrected chi connectivity index (χ0v) is 8.52. The maximum Gasteiger partial charge on any atom is 0.112 e. The van der Waals surface area contributed by atoms with Crippen molar-refractivity contribution < 1.29 is 4.74 Å². The number of likely N-dealkylation sites (N-methyl/N-ethyl adjacent to an activating group) is 1. The van der Waals surface area contributed by atoms with Gasteiger partial charge in [0.2, 0.25) is 0 Å². The highest BCUT2D eigenvalue weighted by molar-refractivity contribution is 5.08. The number of hydrogen-bond donors (Lipinski definition) is 0. The van der Waals surface area contributed by atoms with E-state index in [1.807, 2.05) is 24.4 Å². The van der Waals surface area contributed by atoms with Gasteiger partial charge in [0.05, 0.1) is 12.3 Å². The topological polar surface area (TPSA) is 25.4 Å². The van der Waals surface area contributed by atoms with Gasteiger partial charge in [-0.2, -0.15) is 0 Å². The Bertz CT molecular complexity index is 276. The Morgan fingerprint density at radius 3 is 3.21 bits per heavy atom. The van der Waals surface area contributed by atoms with Crippen LogP contribution in [-0.4, -0.2) is 36.1 Å². The van der Waals surface area contributed by atoms with Crippen LogP contribution in [0.4, 0.5) is 0 Å². The molecule has 3 heteroatoms. The molecule has 1 atom stereocenters. The lowest BCUT2D eigenvalue weighted by molar-refractivity contribution is -0.0302. The van der Waals surface area contributed by atoms with Crippen molar-refractivity contribution in [2.75, 3.05) is 26.2 Å². The van der Waals surface area contributed by atoms with Gasteiger partial charge in [-0.05, 0) is 18.7 Å². The molecular weight excluding hydrogens is 176 g/mol. The maximum atomic E-state index is 5.69. The molecular formula is C11H16N2O. The highest BCUT2D eigenvalue weighted by Crippen LogP contribution is 2.19. The molecule has 76 valence electrons. The Hall–Kier alpha value is -0.930. The predicted molar refractivity (Wildman–Crippen MR) is 55.0 cm³/mol. The van der Waals surface area contributed by atoms with Gasteiger partial charge in [-0.1, -0.05) is 13.0 Å². The minimum Gasteiger partial charge on any atom is -0.369 e. The second kappa shape index (κ2) is 4.53. The van der Waals surface area contributed by atoms with E-state index in [4.69, 9.17) is 4.74 Å². The zero-order valence-electron chi connectivity index (χ0n) is 8.52. The standard InChI is InChI=1S/C11H16N2O/c1-2-13-7-8-14-11(9-13)10-5-3-4-6-12-10/h3-6,11H,2,7-9H2,1H3/t11-/m0/s1. The van der Waals surface area contributed by atoms with E-state index in [0.29, 0.717) is 0 Å². The first-order valence-electron chi connectivity index (χ1n) is 5.15. The highest BCUT2D eigenvalue weighted by Gasteiger charge is 2.21. The SMILES string of the molecule is CCN1CCO[C@H](c2ccccn2)C1. The minimum absolute atomic E-state index is 0.157. The highest BCUT2D eigenvalue weighted by atomic mass is 16.5. The predicted octanol–water partition coefficient (Wildman–Crippen LogP) is 1.47. The fraction of sp³-hybridized carbons (Fsp3) is 0.545. The summed E-state index contributed by atoms with van der Waals surface area (Å²) in [6.45, 7) is 6.09. The van der Waals surface area contributed by atoms with Crippen molar-refractivity contribution >= 4 is 0 Å². The number of aromatic nitrogens is 1. The van der Waals surface area contributed by atoms with Crippen LogP contribution in [0.5, 0.6) is 0 Å². The summed E-state index contributed by atoms with van der Waals surface area (Å²) in [5, 5.41) is 0. The summed E-state index contributed by atoms with van der Waals surface area (Å²) in [6, 6.07) is 5.98. The van der Waals surface area contributed by atoms with Crippen molar-refractivity contribution in [3.05, 3.63) is 30.1 Å². The van der Waals surface area contributed by atoms with Gasteiger partial charge in [-0.15, -0.1) is 0 Å². The Morgan fingerprint density at radius 1 is 1.57 bits per heavy atom. The number of hydrogen-bond acceptors (Lipinski definition) is 3. The van der Waals surface area contributed by atoms with Crippen LogP contribution < -0.4 is 0 Å². The van der Waals surface area contributed by atoms with Gasteiger partial charge in [0, 0.05) is 19.3 Å². The summed E-state index contributed by atoms with van der Waals surface area (Å²) < 4.78 is 5.69. The van der Waals surface area contributed by atoms with Gasteiger partial charge >= 0.3 is 0 Å². The summed E-state index contributed by atoms with van der Waals surface area (Å²) >= 11 is 0. The molecule has 1 aromatic rings. The smallest absolute Gasteiger partial charge is 0.112 e. The molecule has 1 aliphatic rings. The van der Waals surface area contributed by atoms with E-state index in [1.165, 1.54) is 0 Å². The van der Waals surface area contributed by atoms with Gasteiger partial charge in [0.25, 0.3) is 0 Å². The Morgan fingerprint density at radius 2 is 2.50 bits per heavy atom. The molecule has 0 bridgehead atoms. The minimum atomic E-state index is 0.157. The molecule has 3 nitrogen and oxygen atoms in total. The van der Waals surface area contributed by atoms with Crippen LogP contribution in [0.25, 0.3) is 0 Å². The van der Waals surface area contributed by atoms with Crippen molar-refractivity contribution in [3.63, 3.8) is 0 Å². The Labute approximate surface area is 84.7 Å². The van der Waals surface area contributed by atoms with Crippen LogP contribution in [0.15, 0.2) is 24.4 Å². The fourth-order valence-corrected chi connectivity index (χ4v) is 1.74.